The van der Waals surface area contributed by atoms with E-state index < -0.39 is 0 Å². The Morgan fingerprint density at radius 1 is 0.533 bits per heavy atom. The summed E-state index contributed by atoms with van der Waals surface area (Å²) in [5.74, 6) is 0. The average molecular weight is 556 g/mol. The zero-order valence-corrected chi connectivity index (χ0v) is 21.0. The van der Waals surface area contributed by atoms with Crippen molar-refractivity contribution in [1.29, 1.82) is 0 Å². The first-order valence-electron chi connectivity index (χ1n) is 9.55. The number of thiophene rings is 2. The van der Waals surface area contributed by atoms with Crippen LogP contribution in [0.5, 0.6) is 0 Å². The molecule has 0 aliphatic carbocycles. The second-order valence-corrected chi connectivity index (χ2v) is 9.51. The summed E-state index contributed by atoms with van der Waals surface area (Å²) in [5, 5.41) is 10.7. The number of hydrogen-bond donors (Lipinski definition) is 0. The highest BCUT2D eigenvalue weighted by Crippen LogP contribution is 2.35. The van der Waals surface area contributed by atoms with Gasteiger partial charge in [0.2, 0.25) is 0 Å². The highest BCUT2D eigenvalue weighted by molar-refractivity contribution is 9.08. The second kappa shape index (κ2) is 10.5. The molecule has 2 aromatic heterocycles. The van der Waals surface area contributed by atoms with Gasteiger partial charge in [0.15, 0.2) is 0 Å². The highest BCUT2D eigenvalue weighted by atomic mass is 79.9. The standard InChI is InChI=1S/C26H20Br2S2/c27-13-21-5-1-19(2-6-21)9-11-23-15-29-17-25(23)26-18-30-16-24(26)12-10-20-3-7-22(14-28)8-4-20/h1-12,15-18H,13-14H2. The molecule has 0 unspecified atom stereocenters. The predicted molar refractivity (Wildman–Crippen MR) is 144 cm³/mol. The van der Waals surface area contributed by atoms with Crippen molar-refractivity contribution in [3.05, 3.63) is 103 Å². The summed E-state index contributed by atoms with van der Waals surface area (Å²) in [4.78, 5) is 0. The van der Waals surface area contributed by atoms with Crippen LogP contribution in [0.3, 0.4) is 0 Å². The quantitative estimate of drug-likeness (QED) is 0.199. The zero-order valence-electron chi connectivity index (χ0n) is 16.2. The fourth-order valence-electron chi connectivity index (χ4n) is 3.12. The predicted octanol–water partition coefficient (Wildman–Crippen LogP) is 9.61. The molecule has 0 atom stereocenters. The van der Waals surface area contributed by atoms with Crippen LogP contribution in [0, 0.1) is 0 Å². The fourth-order valence-corrected chi connectivity index (χ4v) is 5.50. The van der Waals surface area contributed by atoms with Crippen LogP contribution in [0.15, 0.2) is 70.1 Å². The van der Waals surface area contributed by atoms with Crippen molar-refractivity contribution in [2.75, 3.05) is 0 Å². The molecule has 2 heterocycles. The van der Waals surface area contributed by atoms with Crippen molar-refractivity contribution in [2.45, 2.75) is 10.7 Å². The largest absolute Gasteiger partial charge is 0.151 e. The Balaban J connectivity index is 1.56. The molecule has 2 aromatic carbocycles. The number of halogens is 2. The van der Waals surface area contributed by atoms with Crippen LogP contribution < -0.4 is 0 Å². The lowest BCUT2D eigenvalue weighted by Gasteiger charge is -2.02. The van der Waals surface area contributed by atoms with Gasteiger partial charge in [-0.2, -0.15) is 22.7 Å². The Hall–Kier alpha value is -1.72. The molecule has 4 rings (SSSR count). The molecule has 0 amide bonds. The summed E-state index contributed by atoms with van der Waals surface area (Å²) < 4.78 is 0. The van der Waals surface area contributed by atoms with Gasteiger partial charge in [-0.3, -0.25) is 0 Å². The van der Waals surface area contributed by atoms with Gasteiger partial charge in [0, 0.05) is 21.8 Å². The summed E-state index contributed by atoms with van der Waals surface area (Å²) in [5.41, 5.74) is 10.1. The molecule has 0 fully saturated rings. The SMILES string of the molecule is BrCc1ccc(C=Cc2cscc2-c2cscc2C=Cc2ccc(CBr)cc2)cc1. The molecule has 4 aromatic rings. The van der Waals surface area contributed by atoms with Gasteiger partial charge in [-0.15, -0.1) is 0 Å². The number of hydrogen-bond acceptors (Lipinski definition) is 2. The van der Waals surface area contributed by atoms with E-state index in [0.29, 0.717) is 0 Å². The molecule has 0 saturated carbocycles. The normalized spacial score (nSPS) is 11.7. The van der Waals surface area contributed by atoms with Crippen LogP contribution in [0.4, 0.5) is 0 Å². The summed E-state index contributed by atoms with van der Waals surface area (Å²) in [6.45, 7) is 0. The lowest BCUT2D eigenvalue weighted by atomic mass is 10.0. The van der Waals surface area contributed by atoms with Crippen LogP contribution in [0.25, 0.3) is 35.4 Å². The lowest BCUT2D eigenvalue weighted by molar-refractivity contribution is 1.43. The molecule has 150 valence electrons. The van der Waals surface area contributed by atoms with Gasteiger partial charge < -0.3 is 0 Å². The van der Waals surface area contributed by atoms with E-state index in [1.54, 1.807) is 22.7 Å². The first kappa shape index (κ1) is 21.5. The summed E-state index contributed by atoms with van der Waals surface area (Å²) in [7, 11) is 0. The van der Waals surface area contributed by atoms with E-state index in [4.69, 9.17) is 0 Å². The minimum absolute atomic E-state index is 0.890. The van der Waals surface area contributed by atoms with E-state index in [1.165, 1.54) is 44.5 Å². The monoisotopic (exact) mass is 554 g/mol. The molecule has 0 aliphatic rings. The third-order valence-corrected chi connectivity index (χ3v) is 7.67. The first-order chi connectivity index (χ1) is 14.8. The van der Waals surface area contributed by atoms with Crippen molar-refractivity contribution in [2.24, 2.45) is 0 Å². The fraction of sp³-hybridized carbons (Fsp3) is 0.0769. The van der Waals surface area contributed by atoms with E-state index in [9.17, 15) is 0 Å². The molecule has 30 heavy (non-hydrogen) atoms. The lowest BCUT2D eigenvalue weighted by Crippen LogP contribution is -1.80. The third-order valence-electron chi connectivity index (χ3n) is 4.85. The van der Waals surface area contributed by atoms with E-state index in [2.05, 4.69) is 126 Å². The number of benzene rings is 2. The summed E-state index contributed by atoms with van der Waals surface area (Å²) in [6.07, 6.45) is 8.83. The molecule has 0 aliphatic heterocycles. The van der Waals surface area contributed by atoms with Crippen molar-refractivity contribution in [3.8, 4) is 11.1 Å². The molecule has 4 heteroatoms. The van der Waals surface area contributed by atoms with Gasteiger partial charge in [-0.25, -0.2) is 0 Å². The molecule has 0 N–H and O–H groups in total. The van der Waals surface area contributed by atoms with Crippen LogP contribution in [-0.2, 0) is 10.7 Å². The zero-order chi connectivity index (χ0) is 20.8. The van der Waals surface area contributed by atoms with Crippen molar-refractivity contribution in [3.63, 3.8) is 0 Å². The highest BCUT2D eigenvalue weighted by Gasteiger charge is 2.09. The van der Waals surface area contributed by atoms with E-state index in [0.717, 1.165) is 10.7 Å². The van der Waals surface area contributed by atoms with Crippen molar-refractivity contribution < 1.29 is 0 Å². The minimum Gasteiger partial charge on any atom is -0.151 e. The summed E-state index contributed by atoms with van der Waals surface area (Å²) in [6, 6.07) is 17.3. The maximum atomic E-state index is 3.50. The van der Waals surface area contributed by atoms with Crippen molar-refractivity contribution in [1.82, 2.24) is 0 Å². The molecule has 0 radical (unpaired) electrons. The summed E-state index contributed by atoms with van der Waals surface area (Å²) >= 11 is 10.5. The van der Waals surface area contributed by atoms with Gasteiger partial charge in [0.05, 0.1) is 0 Å². The maximum absolute atomic E-state index is 3.50. The van der Waals surface area contributed by atoms with Gasteiger partial charge in [0.1, 0.15) is 0 Å². The number of alkyl halides is 2. The molecule has 0 bridgehead atoms. The maximum Gasteiger partial charge on any atom is 0.0283 e. The molecule has 0 nitrogen and oxygen atoms in total. The Kier molecular flexibility index (Phi) is 7.56. The molecular weight excluding hydrogens is 536 g/mol. The topological polar surface area (TPSA) is 0 Å². The van der Waals surface area contributed by atoms with Crippen LogP contribution in [0.2, 0.25) is 0 Å². The van der Waals surface area contributed by atoms with E-state index >= 15 is 0 Å². The van der Waals surface area contributed by atoms with Gasteiger partial charge >= 0.3 is 0 Å². The number of rotatable bonds is 7. The van der Waals surface area contributed by atoms with E-state index in [1.807, 2.05) is 0 Å². The molecule has 0 spiro atoms. The van der Waals surface area contributed by atoms with Gasteiger partial charge in [-0.1, -0.05) is 105 Å². The minimum atomic E-state index is 0.890. The van der Waals surface area contributed by atoms with Crippen molar-refractivity contribution >= 4 is 78.8 Å². The Morgan fingerprint density at radius 3 is 1.30 bits per heavy atom. The second-order valence-electron chi connectivity index (χ2n) is 6.90. The van der Waals surface area contributed by atoms with Crippen LogP contribution in [0.1, 0.15) is 33.4 Å². The van der Waals surface area contributed by atoms with Crippen LogP contribution >= 0.6 is 54.5 Å². The van der Waals surface area contributed by atoms with Gasteiger partial charge in [0.25, 0.3) is 0 Å². The first-order valence-corrected chi connectivity index (χ1v) is 13.7. The van der Waals surface area contributed by atoms with Gasteiger partial charge in [-0.05, 0) is 54.9 Å². The molecule has 0 saturated heterocycles. The van der Waals surface area contributed by atoms with Crippen LogP contribution in [-0.4, -0.2) is 0 Å². The third kappa shape index (κ3) is 5.30. The Bertz CT molecular complexity index is 1050. The Labute approximate surface area is 202 Å². The molecular formula is C26H20Br2S2. The Morgan fingerprint density at radius 2 is 0.933 bits per heavy atom. The smallest absolute Gasteiger partial charge is 0.0283 e. The average Bonchev–Trinajstić information content (AvgIpc) is 3.45. The van der Waals surface area contributed by atoms with E-state index in [-0.39, 0.29) is 0 Å².